The largest absolute Gasteiger partial charge is 0.395 e. The normalized spacial score (nSPS) is 21.6. The maximum atomic E-state index is 13.6. The van der Waals surface area contributed by atoms with Crippen LogP contribution in [0.15, 0.2) is 17.0 Å². The third-order valence-corrected chi connectivity index (χ3v) is 4.19. The Labute approximate surface area is 126 Å². The Hall–Kier alpha value is -1.78. The lowest BCUT2D eigenvalue weighted by Gasteiger charge is -2.32. The minimum absolute atomic E-state index is 0.0480. The van der Waals surface area contributed by atoms with Gasteiger partial charge in [-0.05, 0) is 50.3 Å². The summed E-state index contributed by atoms with van der Waals surface area (Å²) in [4.78, 5) is 12.6. The summed E-state index contributed by atoms with van der Waals surface area (Å²) in [5.74, 6) is -0.936. The van der Waals surface area contributed by atoms with Gasteiger partial charge in [0.1, 0.15) is 17.5 Å². The number of anilines is 1. The Morgan fingerprint density at radius 2 is 2.33 bits per heavy atom. The van der Waals surface area contributed by atoms with Crippen molar-refractivity contribution in [3.63, 3.8) is 0 Å². The van der Waals surface area contributed by atoms with E-state index in [1.807, 2.05) is 6.07 Å². The van der Waals surface area contributed by atoms with Crippen LogP contribution in [0.5, 0.6) is 0 Å². The number of carbonyl (C=O) groups excluding carboxylic acids is 1. The second-order valence-corrected chi connectivity index (χ2v) is 5.93. The number of nitrogens with two attached hydrogens (primary N) is 1. The topological polar surface area (TPSA) is 88.1 Å². The zero-order chi connectivity index (χ0) is 15.5. The number of nitriles is 1. The van der Waals surface area contributed by atoms with E-state index in [-0.39, 0.29) is 17.2 Å². The first-order valence-corrected chi connectivity index (χ1v) is 7.38. The molecule has 1 heterocycles. The highest BCUT2D eigenvalue weighted by Crippen LogP contribution is 2.28. The van der Waals surface area contributed by atoms with E-state index in [0.717, 1.165) is 24.8 Å². The summed E-state index contributed by atoms with van der Waals surface area (Å²) in [7, 11) is 0. The zero-order valence-corrected chi connectivity index (χ0v) is 12.4. The summed E-state index contributed by atoms with van der Waals surface area (Å²) >= 11 is 0.947. The lowest BCUT2D eigenvalue weighted by molar-refractivity contribution is -0.148. The Morgan fingerprint density at radius 3 is 2.95 bits per heavy atom. The first kappa shape index (κ1) is 15.6. The molecule has 21 heavy (non-hydrogen) atoms. The summed E-state index contributed by atoms with van der Waals surface area (Å²) in [6.45, 7) is 2.30. The lowest BCUT2D eigenvalue weighted by atomic mass is 9.95. The maximum Gasteiger partial charge on any atom is 0.262 e. The number of ether oxygens (including phenoxy) is 1. The average molecular weight is 309 g/mol. The van der Waals surface area contributed by atoms with E-state index >= 15 is 0 Å². The number of nitrogens with zero attached hydrogens (tertiary/aromatic N) is 1. The number of benzene rings is 1. The molecule has 1 amide bonds. The number of carbonyl (C=O) groups is 1. The molecule has 1 aliphatic heterocycles. The number of rotatable bonds is 3. The van der Waals surface area contributed by atoms with Crippen molar-refractivity contribution in [2.24, 2.45) is 0 Å². The molecule has 0 bridgehead atoms. The molecule has 1 atom stereocenters. The van der Waals surface area contributed by atoms with Gasteiger partial charge in [0.2, 0.25) is 0 Å². The van der Waals surface area contributed by atoms with Crippen molar-refractivity contribution >= 4 is 23.5 Å². The summed E-state index contributed by atoms with van der Waals surface area (Å²) in [6, 6.07) is 4.44. The number of hydrogen-bond acceptors (Lipinski definition) is 5. The molecule has 0 spiro atoms. The van der Waals surface area contributed by atoms with Crippen molar-refractivity contribution in [3.8, 4) is 6.07 Å². The van der Waals surface area contributed by atoms with E-state index in [9.17, 15) is 9.18 Å². The van der Waals surface area contributed by atoms with Crippen molar-refractivity contribution in [2.75, 3.05) is 12.3 Å². The molecule has 1 aromatic carbocycles. The molecule has 1 aliphatic rings. The number of nitrogen functional groups attached to an aromatic ring is 1. The Balaban J connectivity index is 2.05. The standard InChI is InChI=1S/C14H16FN3O2S/c1-14(4-2-3-5-20-14)13(19)18-21-10-6-9(8-16)12(17)11(15)7-10/h6-7H,2-5,17H2,1H3,(H,18,19). The van der Waals surface area contributed by atoms with Crippen LogP contribution in [0.3, 0.4) is 0 Å². The molecule has 0 aromatic heterocycles. The van der Waals surface area contributed by atoms with Crippen molar-refractivity contribution in [3.05, 3.63) is 23.5 Å². The highest BCUT2D eigenvalue weighted by atomic mass is 32.2. The molecular weight excluding hydrogens is 293 g/mol. The van der Waals surface area contributed by atoms with Crippen molar-refractivity contribution in [1.82, 2.24) is 4.72 Å². The van der Waals surface area contributed by atoms with Crippen LogP contribution in [-0.4, -0.2) is 18.1 Å². The van der Waals surface area contributed by atoms with Crippen molar-refractivity contribution in [2.45, 2.75) is 36.7 Å². The second kappa shape index (κ2) is 6.33. The highest BCUT2D eigenvalue weighted by molar-refractivity contribution is 7.98. The van der Waals surface area contributed by atoms with Gasteiger partial charge in [-0.1, -0.05) is 0 Å². The fraction of sp³-hybridized carbons (Fsp3) is 0.429. The predicted octanol–water partition coefficient (Wildman–Crippen LogP) is 2.36. The second-order valence-electron chi connectivity index (χ2n) is 5.05. The average Bonchev–Trinajstić information content (AvgIpc) is 2.48. The Morgan fingerprint density at radius 1 is 1.57 bits per heavy atom. The van der Waals surface area contributed by atoms with Gasteiger partial charge in [-0.2, -0.15) is 5.26 Å². The molecular formula is C14H16FN3O2S. The number of halogens is 1. The minimum Gasteiger partial charge on any atom is -0.395 e. The van der Waals surface area contributed by atoms with Gasteiger partial charge >= 0.3 is 0 Å². The molecule has 1 unspecified atom stereocenters. The monoisotopic (exact) mass is 309 g/mol. The quantitative estimate of drug-likeness (QED) is 0.661. The highest BCUT2D eigenvalue weighted by Gasteiger charge is 2.36. The van der Waals surface area contributed by atoms with Crippen LogP contribution in [0, 0.1) is 17.1 Å². The summed E-state index contributed by atoms with van der Waals surface area (Å²) in [6.07, 6.45) is 2.54. The minimum atomic E-state index is -0.852. The first-order valence-electron chi connectivity index (χ1n) is 6.56. The van der Waals surface area contributed by atoms with Crippen molar-refractivity contribution < 1.29 is 13.9 Å². The van der Waals surface area contributed by atoms with Crippen LogP contribution in [0.2, 0.25) is 0 Å². The van der Waals surface area contributed by atoms with E-state index in [2.05, 4.69) is 4.72 Å². The molecule has 1 saturated heterocycles. The van der Waals surface area contributed by atoms with E-state index < -0.39 is 11.4 Å². The Kier molecular flexibility index (Phi) is 4.70. The smallest absolute Gasteiger partial charge is 0.262 e. The molecule has 2 rings (SSSR count). The van der Waals surface area contributed by atoms with Gasteiger partial charge in [0, 0.05) is 11.5 Å². The van der Waals surface area contributed by atoms with Crippen molar-refractivity contribution in [1.29, 1.82) is 5.26 Å². The molecule has 0 radical (unpaired) electrons. The van der Waals surface area contributed by atoms with Gasteiger partial charge < -0.3 is 10.5 Å². The maximum absolute atomic E-state index is 13.6. The third kappa shape index (κ3) is 3.46. The van der Waals surface area contributed by atoms with Crippen LogP contribution in [0.25, 0.3) is 0 Å². The first-order chi connectivity index (χ1) is 9.96. The Bertz CT molecular complexity index is 595. The fourth-order valence-electron chi connectivity index (χ4n) is 2.07. The molecule has 5 nitrogen and oxygen atoms in total. The molecule has 1 aromatic rings. The van der Waals surface area contributed by atoms with Gasteiger partial charge in [-0.3, -0.25) is 9.52 Å². The van der Waals surface area contributed by atoms with E-state index in [1.165, 1.54) is 12.1 Å². The molecule has 1 fully saturated rings. The van der Waals surface area contributed by atoms with Crippen LogP contribution >= 0.6 is 11.9 Å². The molecule has 112 valence electrons. The SMILES string of the molecule is CC1(C(=O)NSc2cc(F)c(N)c(C#N)c2)CCCCO1. The van der Waals surface area contributed by atoms with E-state index in [1.54, 1.807) is 6.92 Å². The van der Waals surface area contributed by atoms with Crippen LogP contribution in [0.4, 0.5) is 10.1 Å². The van der Waals surface area contributed by atoms with Gasteiger partial charge in [0.15, 0.2) is 0 Å². The third-order valence-electron chi connectivity index (χ3n) is 3.43. The van der Waals surface area contributed by atoms with Gasteiger partial charge in [-0.15, -0.1) is 0 Å². The summed E-state index contributed by atoms with van der Waals surface area (Å²) in [5.41, 5.74) is 4.45. The summed E-state index contributed by atoms with van der Waals surface area (Å²) in [5, 5.41) is 8.88. The molecule has 3 N–H and O–H groups in total. The number of hydrogen-bond donors (Lipinski definition) is 2. The zero-order valence-electron chi connectivity index (χ0n) is 11.6. The van der Waals surface area contributed by atoms with Crippen LogP contribution in [0.1, 0.15) is 31.7 Å². The van der Waals surface area contributed by atoms with Gasteiger partial charge in [-0.25, -0.2) is 4.39 Å². The number of amides is 1. The van der Waals surface area contributed by atoms with Gasteiger partial charge in [0.05, 0.1) is 11.3 Å². The lowest BCUT2D eigenvalue weighted by Crippen LogP contribution is -2.46. The summed E-state index contributed by atoms with van der Waals surface area (Å²) < 4.78 is 21.7. The molecule has 0 saturated carbocycles. The van der Waals surface area contributed by atoms with E-state index in [4.69, 9.17) is 15.7 Å². The molecule has 0 aliphatic carbocycles. The predicted molar refractivity (Wildman–Crippen MR) is 77.7 cm³/mol. The molecule has 7 heteroatoms. The van der Waals surface area contributed by atoms with Crippen LogP contribution < -0.4 is 10.5 Å². The fourth-order valence-corrected chi connectivity index (χ4v) is 2.84. The van der Waals surface area contributed by atoms with E-state index in [0.29, 0.717) is 17.9 Å². The van der Waals surface area contributed by atoms with Crippen LogP contribution in [-0.2, 0) is 9.53 Å². The number of nitrogens with one attached hydrogen (secondary N) is 1. The van der Waals surface area contributed by atoms with Gasteiger partial charge in [0.25, 0.3) is 5.91 Å².